The molecule has 16 heavy (non-hydrogen) atoms. The molecule has 1 aromatic heterocycles. The molecule has 1 heterocycles. The standard InChI is InChI=1S/C10H13N3O3/c1-10(2,11-6-14)8-5-7(9(15)16-4)12-13(8)3/h5H,1-4H3. The lowest BCUT2D eigenvalue weighted by atomic mass is 10.0. The minimum Gasteiger partial charge on any atom is -0.464 e. The predicted octanol–water partition coefficient (Wildman–Crippen LogP) is 0.778. The zero-order chi connectivity index (χ0) is 12.3. The van der Waals surface area contributed by atoms with Crippen LogP contribution >= 0.6 is 0 Å². The minimum absolute atomic E-state index is 0.189. The van der Waals surface area contributed by atoms with Crippen molar-refractivity contribution in [3.05, 3.63) is 17.5 Å². The molecule has 0 spiro atoms. The first kappa shape index (κ1) is 12.1. The van der Waals surface area contributed by atoms with Gasteiger partial charge in [0, 0.05) is 7.05 Å². The fourth-order valence-corrected chi connectivity index (χ4v) is 1.42. The first-order valence-electron chi connectivity index (χ1n) is 4.64. The third-order valence-electron chi connectivity index (χ3n) is 2.23. The van der Waals surface area contributed by atoms with Crippen LogP contribution in [0.4, 0.5) is 0 Å². The van der Waals surface area contributed by atoms with Crippen LogP contribution in [0.5, 0.6) is 0 Å². The second-order valence-corrected chi connectivity index (χ2v) is 3.79. The Morgan fingerprint density at radius 3 is 2.75 bits per heavy atom. The second-order valence-electron chi connectivity index (χ2n) is 3.79. The van der Waals surface area contributed by atoms with E-state index in [0.29, 0.717) is 5.69 Å². The van der Waals surface area contributed by atoms with Crippen LogP contribution in [0.3, 0.4) is 0 Å². The molecule has 86 valence electrons. The highest BCUT2D eigenvalue weighted by atomic mass is 16.5. The van der Waals surface area contributed by atoms with Gasteiger partial charge in [-0.3, -0.25) is 4.68 Å². The molecule has 0 radical (unpaired) electrons. The van der Waals surface area contributed by atoms with Gasteiger partial charge in [0.05, 0.1) is 12.8 Å². The number of isocyanates is 1. The molecule has 0 saturated heterocycles. The summed E-state index contributed by atoms with van der Waals surface area (Å²) < 4.78 is 6.05. The summed E-state index contributed by atoms with van der Waals surface area (Å²) in [4.78, 5) is 25.2. The van der Waals surface area contributed by atoms with Gasteiger partial charge in [0.25, 0.3) is 0 Å². The lowest BCUT2D eigenvalue weighted by Gasteiger charge is -2.16. The van der Waals surface area contributed by atoms with Gasteiger partial charge in [-0.2, -0.15) is 10.1 Å². The topological polar surface area (TPSA) is 73.5 Å². The van der Waals surface area contributed by atoms with Gasteiger partial charge in [0.1, 0.15) is 5.54 Å². The number of nitrogens with zero attached hydrogens (tertiary/aromatic N) is 3. The number of hydrogen-bond acceptors (Lipinski definition) is 5. The Morgan fingerprint density at radius 2 is 2.25 bits per heavy atom. The monoisotopic (exact) mass is 223 g/mol. The van der Waals surface area contributed by atoms with Crippen molar-refractivity contribution >= 4 is 12.0 Å². The van der Waals surface area contributed by atoms with Crippen LogP contribution in [0.25, 0.3) is 0 Å². The van der Waals surface area contributed by atoms with E-state index in [2.05, 4.69) is 14.8 Å². The number of ether oxygens (including phenoxy) is 1. The van der Waals surface area contributed by atoms with E-state index in [4.69, 9.17) is 0 Å². The van der Waals surface area contributed by atoms with Crippen molar-refractivity contribution in [1.29, 1.82) is 0 Å². The lowest BCUT2D eigenvalue weighted by molar-refractivity contribution is 0.0593. The third-order valence-corrected chi connectivity index (χ3v) is 2.23. The number of methoxy groups -OCH3 is 1. The molecule has 0 amide bonds. The Hall–Kier alpha value is -1.94. The maximum atomic E-state index is 11.3. The molecule has 0 fully saturated rings. The molecule has 0 aliphatic rings. The first-order valence-corrected chi connectivity index (χ1v) is 4.64. The van der Waals surface area contributed by atoms with E-state index in [9.17, 15) is 9.59 Å². The summed E-state index contributed by atoms with van der Waals surface area (Å²) >= 11 is 0. The van der Waals surface area contributed by atoms with E-state index in [-0.39, 0.29) is 5.69 Å². The number of rotatable bonds is 3. The van der Waals surface area contributed by atoms with Crippen molar-refractivity contribution in [1.82, 2.24) is 9.78 Å². The number of carbonyl (C=O) groups is 1. The molecule has 6 nitrogen and oxygen atoms in total. The molecule has 0 N–H and O–H groups in total. The smallest absolute Gasteiger partial charge is 0.358 e. The van der Waals surface area contributed by atoms with Crippen molar-refractivity contribution in [2.75, 3.05) is 7.11 Å². The number of carbonyl (C=O) groups excluding carboxylic acids is 2. The molecule has 6 heteroatoms. The van der Waals surface area contributed by atoms with Crippen LogP contribution in [-0.2, 0) is 22.1 Å². The fourth-order valence-electron chi connectivity index (χ4n) is 1.42. The first-order chi connectivity index (χ1) is 7.42. The average molecular weight is 223 g/mol. The average Bonchev–Trinajstić information content (AvgIpc) is 2.60. The Labute approximate surface area is 92.9 Å². The van der Waals surface area contributed by atoms with Crippen LogP contribution in [0.1, 0.15) is 30.0 Å². The van der Waals surface area contributed by atoms with Crippen LogP contribution in [-0.4, -0.2) is 28.9 Å². The van der Waals surface area contributed by atoms with E-state index >= 15 is 0 Å². The maximum Gasteiger partial charge on any atom is 0.358 e. The summed E-state index contributed by atoms with van der Waals surface area (Å²) in [5.74, 6) is -0.521. The lowest BCUT2D eigenvalue weighted by Crippen LogP contribution is -2.18. The number of esters is 1. The maximum absolute atomic E-state index is 11.3. The molecule has 0 unspecified atom stereocenters. The Kier molecular flexibility index (Phi) is 3.25. The van der Waals surface area contributed by atoms with E-state index < -0.39 is 11.5 Å². The molecule has 0 aliphatic carbocycles. The summed E-state index contributed by atoms with van der Waals surface area (Å²) in [5, 5.41) is 3.98. The summed E-state index contributed by atoms with van der Waals surface area (Å²) in [6, 6.07) is 1.55. The predicted molar refractivity (Wildman–Crippen MR) is 55.7 cm³/mol. The highest BCUT2D eigenvalue weighted by Gasteiger charge is 2.26. The Balaban J connectivity index is 3.21. The Bertz CT molecular complexity index is 456. The highest BCUT2D eigenvalue weighted by Crippen LogP contribution is 2.24. The molecule has 0 atom stereocenters. The van der Waals surface area contributed by atoms with E-state index in [1.165, 1.54) is 17.9 Å². The summed E-state index contributed by atoms with van der Waals surface area (Å²) in [5.41, 5.74) is 0.0564. The van der Waals surface area contributed by atoms with Gasteiger partial charge in [0.2, 0.25) is 6.08 Å². The SMILES string of the molecule is COC(=O)c1cc(C(C)(C)N=C=O)n(C)n1. The second kappa shape index (κ2) is 4.28. The molecular weight excluding hydrogens is 210 g/mol. The third kappa shape index (κ3) is 2.17. The fraction of sp³-hybridized carbons (Fsp3) is 0.500. The van der Waals surface area contributed by atoms with Gasteiger partial charge >= 0.3 is 5.97 Å². The molecule has 1 rings (SSSR count). The van der Waals surface area contributed by atoms with Crippen molar-refractivity contribution in [3.63, 3.8) is 0 Å². The van der Waals surface area contributed by atoms with E-state index in [0.717, 1.165) is 0 Å². The zero-order valence-electron chi connectivity index (χ0n) is 9.64. The molecule has 0 aliphatic heterocycles. The van der Waals surface area contributed by atoms with Gasteiger partial charge < -0.3 is 4.74 Å². The zero-order valence-corrected chi connectivity index (χ0v) is 9.64. The van der Waals surface area contributed by atoms with Gasteiger partial charge in [-0.05, 0) is 19.9 Å². The summed E-state index contributed by atoms with van der Waals surface area (Å²) in [7, 11) is 2.95. The molecule has 0 saturated carbocycles. The summed E-state index contributed by atoms with van der Waals surface area (Å²) in [6.07, 6.45) is 1.50. The summed E-state index contributed by atoms with van der Waals surface area (Å²) in [6.45, 7) is 3.46. The van der Waals surface area contributed by atoms with Gasteiger partial charge in [0.15, 0.2) is 5.69 Å². The van der Waals surface area contributed by atoms with Crippen LogP contribution in [0, 0.1) is 0 Å². The van der Waals surface area contributed by atoms with Crippen molar-refractivity contribution in [3.8, 4) is 0 Å². The van der Waals surface area contributed by atoms with Crippen molar-refractivity contribution in [2.24, 2.45) is 12.0 Å². The van der Waals surface area contributed by atoms with Crippen LogP contribution in [0.2, 0.25) is 0 Å². The van der Waals surface area contributed by atoms with E-state index in [1.54, 1.807) is 27.0 Å². The number of hydrogen-bond donors (Lipinski definition) is 0. The molecule has 0 bridgehead atoms. The van der Waals surface area contributed by atoms with Gasteiger partial charge in [-0.25, -0.2) is 9.59 Å². The largest absolute Gasteiger partial charge is 0.464 e. The number of aromatic nitrogens is 2. The highest BCUT2D eigenvalue weighted by molar-refractivity contribution is 5.87. The molecule has 1 aromatic rings. The van der Waals surface area contributed by atoms with Gasteiger partial charge in [-0.15, -0.1) is 0 Å². The normalized spacial score (nSPS) is 10.8. The quantitative estimate of drug-likeness (QED) is 0.431. The minimum atomic E-state index is -0.768. The number of aliphatic imine (C=N–C) groups is 1. The molecule has 0 aromatic carbocycles. The van der Waals surface area contributed by atoms with Crippen LogP contribution in [0.15, 0.2) is 11.1 Å². The van der Waals surface area contributed by atoms with Crippen LogP contribution < -0.4 is 0 Å². The Morgan fingerprint density at radius 1 is 1.62 bits per heavy atom. The van der Waals surface area contributed by atoms with Gasteiger partial charge in [-0.1, -0.05) is 0 Å². The van der Waals surface area contributed by atoms with E-state index in [1.807, 2.05) is 0 Å². The van der Waals surface area contributed by atoms with Crippen molar-refractivity contribution < 1.29 is 14.3 Å². The molecular formula is C10H13N3O3. The number of aryl methyl sites for hydroxylation is 1. The van der Waals surface area contributed by atoms with Crippen molar-refractivity contribution in [2.45, 2.75) is 19.4 Å².